The summed E-state index contributed by atoms with van der Waals surface area (Å²) in [5.41, 5.74) is 7.76. The maximum Gasteiger partial charge on any atom is 0.253 e. The average molecular weight is 351 g/mol. The Morgan fingerprint density at radius 1 is 1.38 bits per heavy atom. The summed E-state index contributed by atoms with van der Waals surface area (Å²) in [5.74, 6) is 1.88. The Labute approximate surface area is 147 Å². The molecule has 1 aliphatic heterocycles. The van der Waals surface area contributed by atoms with Gasteiger partial charge in [0.15, 0.2) is 0 Å². The van der Waals surface area contributed by atoms with Gasteiger partial charge in [0, 0.05) is 49.5 Å². The predicted octanol–water partition coefficient (Wildman–Crippen LogP) is 1.49. The van der Waals surface area contributed by atoms with E-state index < -0.39 is 0 Å². The summed E-state index contributed by atoms with van der Waals surface area (Å²) >= 11 is 1.87. The molecule has 2 rings (SSSR count). The van der Waals surface area contributed by atoms with Crippen LogP contribution in [0.1, 0.15) is 22.3 Å². The van der Waals surface area contributed by atoms with Gasteiger partial charge >= 0.3 is 0 Å². The molecule has 1 heterocycles. The number of carbonyl (C=O) groups is 2. The first-order valence-electron chi connectivity index (χ1n) is 8.05. The summed E-state index contributed by atoms with van der Waals surface area (Å²) in [6.45, 7) is 3.76. The van der Waals surface area contributed by atoms with E-state index in [2.05, 4.69) is 5.32 Å². The summed E-state index contributed by atoms with van der Waals surface area (Å²) < 4.78 is 5.12. The lowest BCUT2D eigenvalue weighted by Crippen LogP contribution is -2.37. The van der Waals surface area contributed by atoms with Gasteiger partial charge in [-0.15, -0.1) is 0 Å². The normalized spacial score (nSPS) is 15.9. The first-order valence-corrected chi connectivity index (χ1v) is 9.21. The second-order valence-electron chi connectivity index (χ2n) is 5.78. The number of anilines is 1. The monoisotopic (exact) mass is 351 g/mol. The zero-order chi connectivity index (χ0) is 17.5. The van der Waals surface area contributed by atoms with Crippen LogP contribution in [0.2, 0.25) is 0 Å². The molecule has 1 aromatic rings. The summed E-state index contributed by atoms with van der Waals surface area (Å²) in [7, 11) is 1.54. The smallest absolute Gasteiger partial charge is 0.253 e. The highest BCUT2D eigenvalue weighted by molar-refractivity contribution is 7.99. The lowest BCUT2D eigenvalue weighted by molar-refractivity contribution is -0.118. The Kier molecular flexibility index (Phi) is 7.08. The number of hydrogen-bond donors (Lipinski definition) is 2. The number of methoxy groups -OCH3 is 1. The first-order chi connectivity index (χ1) is 11.5. The number of rotatable bonds is 6. The second kappa shape index (κ2) is 9.05. The van der Waals surface area contributed by atoms with Gasteiger partial charge in [-0.25, -0.2) is 0 Å². The van der Waals surface area contributed by atoms with E-state index in [4.69, 9.17) is 10.5 Å². The summed E-state index contributed by atoms with van der Waals surface area (Å²) in [4.78, 5) is 26.4. The maximum absolute atomic E-state index is 12.5. The zero-order valence-corrected chi connectivity index (χ0v) is 15.0. The molecule has 1 unspecified atom stereocenters. The summed E-state index contributed by atoms with van der Waals surface area (Å²) in [6, 6.07) is 5.38. The van der Waals surface area contributed by atoms with Crippen LogP contribution < -0.4 is 11.1 Å². The maximum atomic E-state index is 12.5. The average Bonchev–Trinajstić information content (AvgIpc) is 2.61. The van der Waals surface area contributed by atoms with Gasteiger partial charge in [0.2, 0.25) is 5.91 Å². The molecule has 1 aromatic carbocycles. The van der Waals surface area contributed by atoms with Gasteiger partial charge in [0.05, 0.1) is 12.5 Å². The molecule has 7 heteroatoms. The van der Waals surface area contributed by atoms with Crippen LogP contribution in [0.4, 0.5) is 5.69 Å². The quantitative estimate of drug-likeness (QED) is 0.811. The number of hydrogen-bond acceptors (Lipinski definition) is 5. The van der Waals surface area contributed by atoms with Gasteiger partial charge < -0.3 is 20.7 Å². The van der Waals surface area contributed by atoms with E-state index >= 15 is 0 Å². The van der Waals surface area contributed by atoms with Crippen LogP contribution >= 0.6 is 11.8 Å². The van der Waals surface area contributed by atoms with Crippen molar-refractivity contribution in [1.82, 2.24) is 4.90 Å². The number of nitrogens with one attached hydrogen (secondary N) is 1. The summed E-state index contributed by atoms with van der Waals surface area (Å²) in [5, 5.41) is 2.85. The first kappa shape index (κ1) is 18.8. The minimum atomic E-state index is -0.289. The number of nitrogens with two attached hydrogens (primary N) is 1. The van der Waals surface area contributed by atoms with Crippen molar-refractivity contribution in [2.24, 2.45) is 5.73 Å². The Bertz CT molecular complexity index is 584. The fourth-order valence-electron chi connectivity index (χ4n) is 2.56. The van der Waals surface area contributed by atoms with E-state index in [9.17, 15) is 9.59 Å². The highest BCUT2D eigenvalue weighted by Gasteiger charge is 2.19. The van der Waals surface area contributed by atoms with E-state index in [1.54, 1.807) is 12.1 Å². The van der Waals surface area contributed by atoms with Crippen molar-refractivity contribution in [1.29, 1.82) is 0 Å². The van der Waals surface area contributed by atoms with Gasteiger partial charge in [-0.2, -0.15) is 11.8 Å². The van der Waals surface area contributed by atoms with Crippen molar-refractivity contribution < 1.29 is 14.3 Å². The van der Waals surface area contributed by atoms with Crippen LogP contribution in [0, 0.1) is 6.92 Å². The lowest BCUT2D eigenvalue weighted by atomic mass is 10.1. The molecule has 0 spiro atoms. The van der Waals surface area contributed by atoms with E-state index in [-0.39, 0.29) is 24.3 Å². The van der Waals surface area contributed by atoms with E-state index in [0.29, 0.717) is 17.8 Å². The van der Waals surface area contributed by atoms with Crippen LogP contribution in [0.5, 0.6) is 0 Å². The molecule has 0 radical (unpaired) electrons. The molecule has 1 atom stereocenters. The molecule has 2 amide bonds. The van der Waals surface area contributed by atoms with E-state index in [1.807, 2.05) is 29.7 Å². The number of carbonyl (C=O) groups excluding carboxylic acids is 2. The third kappa shape index (κ3) is 4.96. The molecular weight excluding hydrogens is 326 g/mol. The Hall–Kier alpha value is -1.57. The van der Waals surface area contributed by atoms with Gasteiger partial charge in [-0.1, -0.05) is 0 Å². The number of benzene rings is 1. The fourth-order valence-corrected chi connectivity index (χ4v) is 3.46. The fraction of sp³-hybridized carbons (Fsp3) is 0.529. The van der Waals surface area contributed by atoms with E-state index in [0.717, 1.165) is 30.2 Å². The summed E-state index contributed by atoms with van der Waals surface area (Å²) in [6.07, 6.45) is -0.0819. The molecule has 1 fully saturated rings. The molecule has 0 saturated carbocycles. The molecule has 132 valence electrons. The van der Waals surface area contributed by atoms with Crippen LogP contribution in [0.3, 0.4) is 0 Å². The largest absolute Gasteiger partial charge is 0.380 e. The van der Waals surface area contributed by atoms with Crippen molar-refractivity contribution in [3.05, 3.63) is 29.3 Å². The second-order valence-corrected chi connectivity index (χ2v) is 7.00. The Morgan fingerprint density at radius 2 is 2.08 bits per heavy atom. The highest BCUT2D eigenvalue weighted by atomic mass is 32.2. The third-order valence-corrected chi connectivity index (χ3v) is 5.00. The van der Waals surface area contributed by atoms with Crippen molar-refractivity contribution in [2.45, 2.75) is 19.4 Å². The van der Waals surface area contributed by atoms with E-state index in [1.165, 1.54) is 7.11 Å². The number of thioether (sulfide) groups is 1. The number of aryl methyl sites for hydroxylation is 1. The predicted molar refractivity (Wildman–Crippen MR) is 97.5 cm³/mol. The molecule has 1 aliphatic rings. The molecule has 6 nitrogen and oxygen atoms in total. The van der Waals surface area contributed by atoms with Crippen molar-refractivity contribution in [2.75, 3.05) is 43.6 Å². The SMILES string of the molecule is COC(CN)CC(=O)Nc1ccc(C(=O)N2CCSCC2)cc1C. The van der Waals surface area contributed by atoms with Crippen LogP contribution in [-0.2, 0) is 9.53 Å². The van der Waals surface area contributed by atoms with Crippen LogP contribution in [0.15, 0.2) is 18.2 Å². The van der Waals surface area contributed by atoms with Crippen LogP contribution in [0.25, 0.3) is 0 Å². The molecule has 24 heavy (non-hydrogen) atoms. The number of nitrogens with zero attached hydrogens (tertiary/aromatic N) is 1. The number of ether oxygens (including phenoxy) is 1. The minimum Gasteiger partial charge on any atom is -0.380 e. The molecule has 1 saturated heterocycles. The molecule has 0 bridgehead atoms. The third-order valence-electron chi connectivity index (χ3n) is 4.06. The standard InChI is InChI=1S/C17H25N3O3S/c1-12-9-13(17(22)20-5-7-24-8-6-20)3-4-15(12)19-16(21)10-14(11-18)23-2/h3-4,9,14H,5-8,10-11,18H2,1-2H3,(H,19,21). The van der Waals surface area contributed by atoms with Gasteiger partial charge in [-0.05, 0) is 30.7 Å². The van der Waals surface area contributed by atoms with Gasteiger partial charge in [-0.3, -0.25) is 9.59 Å². The molecule has 0 aromatic heterocycles. The van der Waals surface area contributed by atoms with Gasteiger partial charge in [0.1, 0.15) is 0 Å². The molecular formula is C17H25N3O3S. The minimum absolute atomic E-state index is 0.0545. The molecule has 3 N–H and O–H groups in total. The molecule has 0 aliphatic carbocycles. The Morgan fingerprint density at radius 3 is 2.67 bits per heavy atom. The lowest BCUT2D eigenvalue weighted by Gasteiger charge is -2.26. The topological polar surface area (TPSA) is 84.7 Å². The Balaban J connectivity index is 2.01. The zero-order valence-electron chi connectivity index (χ0n) is 14.2. The van der Waals surface area contributed by atoms with Crippen LogP contribution in [-0.4, -0.2) is 61.1 Å². The van der Waals surface area contributed by atoms with Crippen molar-refractivity contribution >= 4 is 29.3 Å². The van der Waals surface area contributed by atoms with Crippen molar-refractivity contribution in [3.8, 4) is 0 Å². The highest BCUT2D eigenvalue weighted by Crippen LogP contribution is 2.20. The van der Waals surface area contributed by atoms with Crippen molar-refractivity contribution in [3.63, 3.8) is 0 Å². The van der Waals surface area contributed by atoms with Gasteiger partial charge in [0.25, 0.3) is 5.91 Å². The number of amides is 2.